The zero-order valence-corrected chi connectivity index (χ0v) is 14.2. The maximum absolute atomic E-state index is 13.0. The van der Waals surface area contributed by atoms with E-state index >= 15 is 0 Å². The summed E-state index contributed by atoms with van der Waals surface area (Å²) in [5, 5.41) is 0. The molecule has 124 valence electrons. The normalized spacial score (nSPS) is 20.4. The van der Waals surface area contributed by atoms with Crippen LogP contribution in [0, 0.1) is 0 Å². The van der Waals surface area contributed by atoms with Gasteiger partial charge in [-0.05, 0) is 68.6 Å². The Hall–Kier alpha value is -2.13. The summed E-state index contributed by atoms with van der Waals surface area (Å²) in [5.74, 6) is 0.111. The molecular weight excluding hydrogens is 296 g/mol. The molecule has 2 aromatic rings. The molecule has 2 aromatic carbocycles. The molecule has 1 atom stereocenters. The van der Waals surface area contributed by atoms with Crippen molar-refractivity contribution in [2.75, 3.05) is 18.0 Å². The van der Waals surface area contributed by atoms with E-state index in [1.165, 1.54) is 37.1 Å². The van der Waals surface area contributed by atoms with Gasteiger partial charge in [0.15, 0.2) is 0 Å². The summed E-state index contributed by atoms with van der Waals surface area (Å²) < 4.78 is 0. The number of carbonyl (C=O) groups excluding carboxylic acids is 1. The Morgan fingerprint density at radius 1 is 1.04 bits per heavy atom. The third kappa shape index (κ3) is 2.84. The second kappa shape index (κ2) is 6.40. The summed E-state index contributed by atoms with van der Waals surface area (Å²) in [7, 11) is 0. The van der Waals surface area contributed by atoms with Crippen molar-refractivity contribution in [1.82, 2.24) is 4.90 Å². The summed E-state index contributed by atoms with van der Waals surface area (Å²) in [6.45, 7) is 5.52. The quantitative estimate of drug-likeness (QED) is 0.857. The molecule has 3 heteroatoms. The van der Waals surface area contributed by atoms with Crippen molar-refractivity contribution in [3.05, 3.63) is 65.2 Å². The number of para-hydroxylation sites is 1. The third-order valence-electron chi connectivity index (χ3n) is 5.23. The molecular formula is C21H24N2O. The second-order valence-electron chi connectivity index (χ2n) is 7.04. The van der Waals surface area contributed by atoms with Crippen molar-refractivity contribution in [2.45, 2.75) is 38.8 Å². The maximum atomic E-state index is 13.0. The lowest BCUT2D eigenvalue weighted by atomic mass is 10.1. The molecule has 1 fully saturated rings. The van der Waals surface area contributed by atoms with Crippen LogP contribution < -0.4 is 4.90 Å². The first-order valence-electron chi connectivity index (χ1n) is 8.95. The van der Waals surface area contributed by atoms with Crippen LogP contribution >= 0.6 is 0 Å². The predicted octanol–water partition coefficient (Wildman–Crippen LogP) is 3.87. The van der Waals surface area contributed by atoms with E-state index < -0.39 is 0 Å². The minimum atomic E-state index is 0.111. The molecule has 0 bridgehead atoms. The van der Waals surface area contributed by atoms with Gasteiger partial charge >= 0.3 is 0 Å². The van der Waals surface area contributed by atoms with E-state index in [9.17, 15) is 4.79 Å². The SMILES string of the molecule is CC1Cc2ccccc2N1C(=O)c1ccc(CN2CCCC2)cc1. The van der Waals surface area contributed by atoms with Crippen LogP contribution in [0.5, 0.6) is 0 Å². The lowest BCUT2D eigenvalue weighted by molar-refractivity contribution is 0.0981. The van der Waals surface area contributed by atoms with Crippen LogP contribution in [0.4, 0.5) is 5.69 Å². The Bertz CT molecular complexity index is 732. The summed E-state index contributed by atoms with van der Waals surface area (Å²) >= 11 is 0. The first kappa shape index (κ1) is 15.4. The van der Waals surface area contributed by atoms with Crippen LogP contribution in [0.25, 0.3) is 0 Å². The average Bonchev–Trinajstić information content (AvgIpc) is 3.21. The number of hydrogen-bond acceptors (Lipinski definition) is 2. The number of benzene rings is 2. The standard InChI is InChI=1S/C21H24N2O/c1-16-14-19-6-2-3-7-20(19)23(16)21(24)18-10-8-17(9-11-18)15-22-12-4-5-13-22/h2-3,6-11,16H,4-5,12-15H2,1H3. The molecule has 1 saturated heterocycles. The summed E-state index contributed by atoms with van der Waals surface area (Å²) in [6, 6.07) is 16.7. The van der Waals surface area contributed by atoms with Gasteiger partial charge in [0.2, 0.25) is 0 Å². The highest BCUT2D eigenvalue weighted by atomic mass is 16.2. The molecule has 2 heterocycles. The van der Waals surface area contributed by atoms with Crippen LogP contribution in [0.3, 0.4) is 0 Å². The maximum Gasteiger partial charge on any atom is 0.258 e. The fraction of sp³-hybridized carbons (Fsp3) is 0.381. The number of fused-ring (bicyclic) bond motifs is 1. The number of carbonyl (C=O) groups is 1. The minimum absolute atomic E-state index is 0.111. The van der Waals surface area contributed by atoms with Crippen LogP contribution in [0.15, 0.2) is 48.5 Å². The van der Waals surface area contributed by atoms with Gasteiger partial charge in [-0.3, -0.25) is 9.69 Å². The Morgan fingerprint density at radius 3 is 2.50 bits per heavy atom. The van der Waals surface area contributed by atoms with Gasteiger partial charge < -0.3 is 4.90 Å². The van der Waals surface area contributed by atoms with E-state index in [1.54, 1.807) is 0 Å². The van der Waals surface area contributed by atoms with E-state index in [2.05, 4.69) is 36.1 Å². The van der Waals surface area contributed by atoms with Crippen molar-refractivity contribution < 1.29 is 4.79 Å². The first-order valence-corrected chi connectivity index (χ1v) is 8.95. The van der Waals surface area contributed by atoms with E-state index in [0.29, 0.717) is 0 Å². The zero-order valence-electron chi connectivity index (χ0n) is 14.2. The summed E-state index contributed by atoms with van der Waals surface area (Å²) in [5.41, 5.74) is 4.41. The van der Waals surface area contributed by atoms with Gasteiger partial charge in [0.1, 0.15) is 0 Å². The number of likely N-dealkylation sites (tertiary alicyclic amines) is 1. The van der Waals surface area contributed by atoms with Crippen molar-refractivity contribution in [3.63, 3.8) is 0 Å². The Labute approximate surface area is 143 Å². The number of amides is 1. The van der Waals surface area contributed by atoms with Crippen molar-refractivity contribution >= 4 is 11.6 Å². The largest absolute Gasteiger partial charge is 0.305 e. The fourth-order valence-electron chi connectivity index (χ4n) is 3.97. The molecule has 0 radical (unpaired) electrons. The van der Waals surface area contributed by atoms with Crippen LogP contribution in [-0.4, -0.2) is 29.9 Å². The highest BCUT2D eigenvalue weighted by molar-refractivity contribution is 6.07. The molecule has 1 unspecified atom stereocenters. The number of anilines is 1. The molecule has 2 aliphatic heterocycles. The molecule has 1 amide bonds. The molecule has 4 rings (SSSR count). The molecule has 3 nitrogen and oxygen atoms in total. The lowest BCUT2D eigenvalue weighted by Crippen LogP contribution is -2.35. The van der Waals surface area contributed by atoms with Gasteiger partial charge in [0.25, 0.3) is 5.91 Å². The molecule has 0 aliphatic carbocycles. The zero-order chi connectivity index (χ0) is 16.5. The average molecular weight is 320 g/mol. The van der Waals surface area contributed by atoms with Gasteiger partial charge in [-0.1, -0.05) is 30.3 Å². The highest BCUT2D eigenvalue weighted by Gasteiger charge is 2.31. The van der Waals surface area contributed by atoms with Crippen molar-refractivity contribution in [2.24, 2.45) is 0 Å². The van der Waals surface area contributed by atoms with Gasteiger partial charge in [0, 0.05) is 23.8 Å². The van der Waals surface area contributed by atoms with Gasteiger partial charge in [-0.25, -0.2) is 0 Å². The summed E-state index contributed by atoms with van der Waals surface area (Å²) in [4.78, 5) is 17.4. The van der Waals surface area contributed by atoms with E-state index in [-0.39, 0.29) is 11.9 Å². The van der Waals surface area contributed by atoms with Crippen molar-refractivity contribution in [1.29, 1.82) is 0 Å². The van der Waals surface area contributed by atoms with Gasteiger partial charge in [-0.15, -0.1) is 0 Å². The van der Waals surface area contributed by atoms with Crippen LogP contribution in [0.2, 0.25) is 0 Å². The fourth-order valence-corrected chi connectivity index (χ4v) is 3.97. The number of nitrogens with zero attached hydrogens (tertiary/aromatic N) is 2. The summed E-state index contributed by atoms with van der Waals surface area (Å²) in [6.07, 6.45) is 3.56. The molecule has 2 aliphatic rings. The minimum Gasteiger partial charge on any atom is -0.305 e. The lowest BCUT2D eigenvalue weighted by Gasteiger charge is -2.23. The highest BCUT2D eigenvalue weighted by Crippen LogP contribution is 2.33. The van der Waals surface area contributed by atoms with Gasteiger partial charge in [0.05, 0.1) is 0 Å². The molecule has 0 aromatic heterocycles. The van der Waals surface area contributed by atoms with Gasteiger partial charge in [-0.2, -0.15) is 0 Å². The number of rotatable bonds is 3. The van der Waals surface area contributed by atoms with E-state index in [1.807, 2.05) is 29.2 Å². The van der Waals surface area contributed by atoms with Crippen LogP contribution in [-0.2, 0) is 13.0 Å². The number of hydrogen-bond donors (Lipinski definition) is 0. The van der Waals surface area contributed by atoms with E-state index in [4.69, 9.17) is 0 Å². The Morgan fingerprint density at radius 2 is 1.75 bits per heavy atom. The topological polar surface area (TPSA) is 23.6 Å². The molecule has 0 saturated carbocycles. The first-order chi connectivity index (χ1) is 11.7. The monoisotopic (exact) mass is 320 g/mol. The van der Waals surface area contributed by atoms with Crippen molar-refractivity contribution in [3.8, 4) is 0 Å². The Balaban J connectivity index is 1.52. The Kier molecular flexibility index (Phi) is 4.11. The molecule has 0 N–H and O–H groups in total. The van der Waals surface area contributed by atoms with E-state index in [0.717, 1.165) is 24.2 Å². The molecule has 0 spiro atoms. The third-order valence-corrected chi connectivity index (χ3v) is 5.23. The smallest absolute Gasteiger partial charge is 0.258 e. The predicted molar refractivity (Wildman–Crippen MR) is 97.4 cm³/mol. The second-order valence-corrected chi connectivity index (χ2v) is 7.04. The molecule has 24 heavy (non-hydrogen) atoms. The van der Waals surface area contributed by atoms with Crippen LogP contribution in [0.1, 0.15) is 41.3 Å².